The average Bonchev–Trinajstić information content (AvgIpc) is 2.96. The molecule has 5 nitrogen and oxygen atoms in total. The van der Waals surface area contributed by atoms with E-state index in [-0.39, 0.29) is 30.8 Å². The summed E-state index contributed by atoms with van der Waals surface area (Å²) in [6.45, 7) is 13.4. The third-order valence-electron chi connectivity index (χ3n) is 10.2. The van der Waals surface area contributed by atoms with E-state index in [9.17, 15) is 9.59 Å². The summed E-state index contributed by atoms with van der Waals surface area (Å²) in [5, 5.41) is 0. The quantitative estimate of drug-likeness (QED) is 0.549. The van der Waals surface area contributed by atoms with E-state index in [4.69, 9.17) is 13.7 Å². The number of ketones is 2. The Balaban J connectivity index is 1.42. The highest BCUT2D eigenvalue weighted by Gasteiger charge is 2.70. The van der Waals surface area contributed by atoms with Crippen LogP contribution in [0, 0.1) is 34.5 Å². The van der Waals surface area contributed by atoms with Gasteiger partial charge >= 0.3 is 7.12 Å². The molecule has 5 aliphatic rings. The molecule has 0 radical (unpaired) electrons. The molecule has 5 fully saturated rings. The largest absolute Gasteiger partial charge is 0.454 e. The van der Waals surface area contributed by atoms with Gasteiger partial charge in [-0.15, -0.1) is 0 Å². The Morgan fingerprint density at radius 2 is 1.81 bits per heavy atom. The van der Waals surface area contributed by atoms with Gasteiger partial charge in [-0.3, -0.25) is 9.59 Å². The standard InChI is InChI=1S/C25H41BO5Si/c1-23-11-9-17(30-32(4,5)6)13-16(23)7-8-18-19-10-12-25(21(28)15-29-26(3)31-25)24(19,2)14-20(27)22(18)23/h16-19,22H,7-15H2,1-6H3/t16-,17-,18+,19+,22-,23+,24+,25+/m1/s1. The number of Topliss-reactive ketones (excluding diaryl/α,β-unsaturated/α-hetero) is 2. The fourth-order valence-electron chi connectivity index (χ4n) is 8.97. The van der Waals surface area contributed by atoms with Crippen LogP contribution in [-0.2, 0) is 23.3 Å². The molecular formula is C25H41BO5Si. The molecule has 0 aromatic carbocycles. The first-order chi connectivity index (χ1) is 14.9. The van der Waals surface area contributed by atoms with Crippen molar-refractivity contribution in [3.8, 4) is 0 Å². The highest BCUT2D eigenvalue weighted by Crippen LogP contribution is 2.68. The third-order valence-corrected chi connectivity index (χ3v) is 11.3. The predicted molar refractivity (Wildman–Crippen MR) is 127 cm³/mol. The molecule has 0 N–H and O–H groups in total. The van der Waals surface area contributed by atoms with Crippen molar-refractivity contribution in [1.82, 2.24) is 0 Å². The maximum Gasteiger partial charge on any atom is 0.454 e. The number of carbonyl (C=O) groups is 2. The van der Waals surface area contributed by atoms with E-state index < -0.39 is 19.3 Å². The Morgan fingerprint density at radius 3 is 2.53 bits per heavy atom. The van der Waals surface area contributed by atoms with E-state index in [1.54, 1.807) is 0 Å². The second-order valence-electron chi connectivity index (χ2n) is 13.0. The highest BCUT2D eigenvalue weighted by molar-refractivity contribution is 6.69. The summed E-state index contributed by atoms with van der Waals surface area (Å²) in [6, 6.07) is 0. The topological polar surface area (TPSA) is 61.8 Å². The number of rotatable bonds is 2. The molecule has 0 amide bonds. The molecule has 32 heavy (non-hydrogen) atoms. The van der Waals surface area contributed by atoms with Gasteiger partial charge in [0.1, 0.15) is 11.4 Å². The van der Waals surface area contributed by atoms with Gasteiger partial charge in [-0.2, -0.15) is 0 Å². The van der Waals surface area contributed by atoms with E-state index in [1.165, 1.54) is 6.42 Å². The van der Waals surface area contributed by atoms with Crippen LogP contribution in [-0.4, -0.2) is 45.3 Å². The van der Waals surface area contributed by atoms with Crippen LogP contribution in [0.4, 0.5) is 0 Å². The summed E-state index contributed by atoms with van der Waals surface area (Å²) in [5.74, 6) is 1.91. The third kappa shape index (κ3) is 3.28. The SMILES string of the molecule is CB1OCC(=O)[C@]2(CC[C@H]3[C@@H]4CC[C@@H]5C[C@H](O[Si](C)(C)C)CC[C@]5(C)[C@H]4C(=O)C[C@@]32C)O1. The molecule has 0 unspecified atom stereocenters. The molecule has 8 atom stereocenters. The van der Waals surface area contributed by atoms with Crippen LogP contribution >= 0.6 is 0 Å². The number of carbonyl (C=O) groups excluding carboxylic acids is 2. The van der Waals surface area contributed by atoms with Gasteiger partial charge in [0.2, 0.25) is 0 Å². The van der Waals surface area contributed by atoms with Crippen LogP contribution in [0.25, 0.3) is 0 Å². The molecule has 7 heteroatoms. The summed E-state index contributed by atoms with van der Waals surface area (Å²) < 4.78 is 18.3. The van der Waals surface area contributed by atoms with Gasteiger partial charge in [-0.05, 0) is 94.6 Å². The molecular weight excluding hydrogens is 419 g/mol. The number of hydrogen-bond donors (Lipinski definition) is 0. The molecule has 4 aliphatic carbocycles. The smallest absolute Gasteiger partial charge is 0.415 e. The van der Waals surface area contributed by atoms with Crippen LogP contribution in [0.1, 0.15) is 65.2 Å². The van der Waals surface area contributed by atoms with Crippen LogP contribution in [0.15, 0.2) is 0 Å². The van der Waals surface area contributed by atoms with Crippen molar-refractivity contribution >= 4 is 27.0 Å². The van der Waals surface area contributed by atoms with Gasteiger partial charge in [0, 0.05) is 23.9 Å². The molecule has 0 aromatic rings. The average molecular weight is 460 g/mol. The molecule has 1 saturated heterocycles. The molecule has 0 aromatic heterocycles. The van der Waals surface area contributed by atoms with Gasteiger partial charge < -0.3 is 13.7 Å². The van der Waals surface area contributed by atoms with Gasteiger partial charge in [0.25, 0.3) is 0 Å². The minimum Gasteiger partial charge on any atom is -0.415 e. The number of hydrogen-bond acceptors (Lipinski definition) is 5. The Bertz CT molecular complexity index is 813. The van der Waals surface area contributed by atoms with E-state index in [1.807, 2.05) is 6.82 Å². The Morgan fingerprint density at radius 1 is 1.06 bits per heavy atom. The van der Waals surface area contributed by atoms with Crippen LogP contribution < -0.4 is 0 Å². The lowest BCUT2D eigenvalue weighted by Gasteiger charge is -2.61. The second kappa shape index (κ2) is 7.50. The summed E-state index contributed by atoms with van der Waals surface area (Å²) in [7, 11) is -1.94. The summed E-state index contributed by atoms with van der Waals surface area (Å²) >= 11 is 0. The molecule has 1 heterocycles. The zero-order chi connectivity index (χ0) is 23.1. The lowest BCUT2D eigenvalue weighted by molar-refractivity contribution is -0.182. The summed E-state index contributed by atoms with van der Waals surface area (Å²) in [4.78, 5) is 27.1. The van der Waals surface area contributed by atoms with Crippen molar-refractivity contribution in [3.63, 3.8) is 0 Å². The van der Waals surface area contributed by atoms with Crippen molar-refractivity contribution in [2.45, 2.75) is 103 Å². The van der Waals surface area contributed by atoms with Crippen molar-refractivity contribution in [1.29, 1.82) is 0 Å². The minimum atomic E-state index is -1.56. The molecule has 1 spiro atoms. The van der Waals surface area contributed by atoms with Gasteiger partial charge in [0.15, 0.2) is 14.1 Å². The zero-order valence-corrected chi connectivity index (χ0v) is 21.9. The second-order valence-corrected chi connectivity index (χ2v) is 17.5. The van der Waals surface area contributed by atoms with Gasteiger partial charge in [-0.25, -0.2) is 0 Å². The lowest BCUT2D eigenvalue weighted by atomic mass is 9.43. The van der Waals surface area contributed by atoms with Crippen LogP contribution in [0.2, 0.25) is 26.5 Å². The highest BCUT2D eigenvalue weighted by atomic mass is 28.4. The van der Waals surface area contributed by atoms with E-state index in [0.717, 1.165) is 38.5 Å². The van der Waals surface area contributed by atoms with Gasteiger partial charge in [-0.1, -0.05) is 13.8 Å². The normalized spacial score (nSPS) is 49.1. The Kier molecular flexibility index (Phi) is 5.45. The maximum absolute atomic E-state index is 13.9. The van der Waals surface area contributed by atoms with Gasteiger partial charge in [0.05, 0.1) is 6.61 Å². The van der Waals surface area contributed by atoms with Crippen molar-refractivity contribution in [2.75, 3.05) is 6.61 Å². The van der Waals surface area contributed by atoms with E-state index in [2.05, 4.69) is 33.5 Å². The number of fused-ring (bicyclic) bond motifs is 6. The van der Waals surface area contributed by atoms with E-state index in [0.29, 0.717) is 36.1 Å². The fourth-order valence-corrected chi connectivity index (χ4v) is 10.2. The predicted octanol–water partition coefficient (Wildman–Crippen LogP) is 4.90. The van der Waals surface area contributed by atoms with Crippen molar-refractivity contribution in [2.24, 2.45) is 34.5 Å². The maximum atomic E-state index is 13.9. The van der Waals surface area contributed by atoms with Crippen molar-refractivity contribution < 1.29 is 23.3 Å². The zero-order valence-electron chi connectivity index (χ0n) is 20.9. The summed E-state index contributed by atoms with van der Waals surface area (Å²) in [5.41, 5.74) is -1.16. The first-order valence-corrected chi connectivity index (χ1v) is 16.3. The Hall–Kier alpha value is -0.498. The summed E-state index contributed by atoms with van der Waals surface area (Å²) in [6.07, 6.45) is 8.15. The molecule has 178 valence electrons. The van der Waals surface area contributed by atoms with Crippen molar-refractivity contribution in [3.05, 3.63) is 0 Å². The Labute approximate surface area is 195 Å². The molecule has 5 rings (SSSR count). The lowest BCUT2D eigenvalue weighted by Crippen LogP contribution is -2.65. The minimum absolute atomic E-state index is 0.0516. The monoisotopic (exact) mass is 460 g/mol. The molecule has 0 bridgehead atoms. The van der Waals surface area contributed by atoms with E-state index >= 15 is 0 Å². The first kappa shape index (κ1) is 23.3. The van der Waals surface area contributed by atoms with Crippen LogP contribution in [0.3, 0.4) is 0 Å². The van der Waals surface area contributed by atoms with Crippen LogP contribution in [0.5, 0.6) is 0 Å². The molecule has 4 saturated carbocycles. The first-order valence-electron chi connectivity index (χ1n) is 12.9. The molecule has 1 aliphatic heterocycles. The fraction of sp³-hybridized carbons (Fsp3) is 0.920.